The summed E-state index contributed by atoms with van der Waals surface area (Å²) in [7, 11) is 0. The van der Waals surface area contributed by atoms with Crippen molar-refractivity contribution >= 4 is 29.1 Å². The van der Waals surface area contributed by atoms with Crippen molar-refractivity contribution in [1.29, 1.82) is 5.26 Å². The molecule has 23 heavy (non-hydrogen) atoms. The van der Waals surface area contributed by atoms with Gasteiger partial charge in [0.15, 0.2) is 0 Å². The highest BCUT2D eigenvalue weighted by molar-refractivity contribution is 6.32. The summed E-state index contributed by atoms with van der Waals surface area (Å²) >= 11 is 6.20. The van der Waals surface area contributed by atoms with Crippen molar-refractivity contribution in [3.63, 3.8) is 0 Å². The predicted molar refractivity (Wildman–Crippen MR) is 85.6 cm³/mol. The maximum Gasteiger partial charge on any atom is 0.229 e. The first-order valence-corrected chi connectivity index (χ1v) is 7.37. The molecule has 0 amide bonds. The Morgan fingerprint density at radius 2 is 2.22 bits per heavy atom. The van der Waals surface area contributed by atoms with Crippen LogP contribution < -0.4 is 15.8 Å². The van der Waals surface area contributed by atoms with Crippen molar-refractivity contribution in [2.75, 3.05) is 11.1 Å². The number of aliphatic hydroxyl groups is 1. The Morgan fingerprint density at radius 1 is 1.43 bits per heavy atom. The Morgan fingerprint density at radius 3 is 2.83 bits per heavy atom. The van der Waals surface area contributed by atoms with E-state index >= 15 is 0 Å². The van der Waals surface area contributed by atoms with Crippen LogP contribution in [0.25, 0.3) is 0 Å². The van der Waals surface area contributed by atoms with E-state index in [0.717, 1.165) is 0 Å². The smallest absolute Gasteiger partial charge is 0.229 e. The van der Waals surface area contributed by atoms with E-state index < -0.39 is 0 Å². The number of anilines is 3. The van der Waals surface area contributed by atoms with Crippen LogP contribution in [0.15, 0.2) is 24.4 Å². The summed E-state index contributed by atoms with van der Waals surface area (Å²) in [5.74, 6) is 0.947. The number of nitrogen functional groups attached to an aromatic ring is 1. The third-order valence-electron chi connectivity index (χ3n) is 3.49. The first kappa shape index (κ1) is 15.3. The van der Waals surface area contributed by atoms with Crippen molar-refractivity contribution in [3.8, 4) is 11.8 Å². The zero-order valence-electron chi connectivity index (χ0n) is 12.0. The van der Waals surface area contributed by atoms with Gasteiger partial charge in [-0.1, -0.05) is 11.6 Å². The molecule has 118 valence electrons. The SMILES string of the molecule is N#Cc1cnc(Nc2ccc(OC3CC(O)C3)c(Cl)c2)nc1N. The van der Waals surface area contributed by atoms with Crippen LogP contribution in [0.1, 0.15) is 18.4 Å². The van der Waals surface area contributed by atoms with Gasteiger partial charge in [-0.25, -0.2) is 4.98 Å². The molecule has 0 spiro atoms. The summed E-state index contributed by atoms with van der Waals surface area (Å²) in [4.78, 5) is 8.01. The molecule has 0 unspecified atom stereocenters. The summed E-state index contributed by atoms with van der Waals surface area (Å²) in [5, 5.41) is 21.5. The molecule has 0 saturated heterocycles. The number of benzene rings is 1. The fourth-order valence-corrected chi connectivity index (χ4v) is 2.38. The summed E-state index contributed by atoms with van der Waals surface area (Å²) in [6.07, 6.45) is 2.32. The maximum absolute atomic E-state index is 9.27. The number of aliphatic hydroxyl groups excluding tert-OH is 1. The average Bonchev–Trinajstić information content (AvgIpc) is 2.48. The zero-order valence-corrected chi connectivity index (χ0v) is 12.8. The summed E-state index contributed by atoms with van der Waals surface area (Å²) in [6.45, 7) is 0. The van der Waals surface area contributed by atoms with E-state index in [-0.39, 0.29) is 29.5 Å². The van der Waals surface area contributed by atoms with Gasteiger partial charge in [0, 0.05) is 18.5 Å². The minimum atomic E-state index is -0.279. The highest BCUT2D eigenvalue weighted by atomic mass is 35.5. The van der Waals surface area contributed by atoms with Crippen LogP contribution >= 0.6 is 11.6 Å². The van der Waals surface area contributed by atoms with Crippen LogP contribution in [-0.2, 0) is 0 Å². The largest absolute Gasteiger partial charge is 0.489 e. The normalized spacial score (nSPS) is 19.5. The molecule has 4 N–H and O–H groups in total. The lowest BCUT2D eigenvalue weighted by Gasteiger charge is -2.31. The first-order chi connectivity index (χ1) is 11.0. The van der Waals surface area contributed by atoms with Crippen molar-refractivity contribution in [1.82, 2.24) is 9.97 Å². The summed E-state index contributed by atoms with van der Waals surface area (Å²) in [5.41, 5.74) is 6.54. The zero-order chi connectivity index (χ0) is 16.4. The van der Waals surface area contributed by atoms with Gasteiger partial charge in [0.1, 0.15) is 29.3 Å². The third-order valence-corrected chi connectivity index (χ3v) is 3.79. The van der Waals surface area contributed by atoms with Crippen LogP contribution in [-0.4, -0.2) is 27.3 Å². The fraction of sp³-hybridized carbons (Fsp3) is 0.267. The Kier molecular flexibility index (Phi) is 4.19. The molecule has 0 atom stereocenters. The minimum Gasteiger partial charge on any atom is -0.489 e. The standard InChI is InChI=1S/C15H14ClN5O2/c16-12-3-9(1-2-13(12)23-11-4-10(22)5-11)20-15-19-7-8(6-17)14(18)21-15/h1-3,7,10-11,22H,4-5H2,(H3,18,19,20,21). The topological polar surface area (TPSA) is 117 Å². The molecule has 1 aromatic carbocycles. The molecule has 3 rings (SSSR count). The molecule has 2 aromatic rings. The minimum absolute atomic E-state index is 0.00275. The fourth-order valence-electron chi connectivity index (χ4n) is 2.16. The van der Waals surface area contributed by atoms with E-state index in [1.54, 1.807) is 18.2 Å². The van der Waals surface area contributed by atoms with E-state index in [2.05, 4.69) is 15.3 Å². The number of nitrogens with zero attached hydrogens (tertiary/aromatic N) is 3. The van der Waals surface area contributed by atoms with Gasteiger partial charge >= 0.3 is 0 Å². The van der Waals surface area contributed by atoms with Crippen molar-refractivity contribution in [3.05, 3.63) is 35.0 Å². The highest BCUT2D eigenvalue weighted by Gasteiger charge is 2.29. The van der Waals surface area contributed by atoms with E-state index in [4.69, 9.17) is 27.3 Å². The number of nitrogens with two attached hydrogens (primary N) is 1. The molecule has 1 aliphatic carbocycles. The van der Waals surface area contributed by atoms with Gasteiger partial charge in [-0.3, -0.25) is 0 Å². The molecule has 0 bridgehead atoms. The van der Waals surface area contributed by atoms with E-state index in [1.807, 2.05) is 6.07 Å². The molecule has 1 fully saturated rings. The van der Waals surface area contributed by atoms with Crippen LogP contribution in [0.4, 0.5) is 17.5 Å². The van der Waals surface area contributed by atoms with Crippen LogP contribution in [0, 0.1) is 11.3 Å². The van der Waals surface area contributed by atoms with Gasteiger partial charge in [-0.15, -0.1) is 0 Å². The molecule has 1 aromatic heterocycles. The number of halogens is 1. The van der Waals surface area contributed by atoms with Gasteiger partial charge in [-0.2, -0.15) is 10.2 Å². The first-order valence-electron chi connectivity index (χ1n) is 6.99. The van der Waals surface area contributed by atoms with Gasteiger partial charge in [0.2, 0.25) is 5.95 Å². The van der Waals surface area contributed by atoms with Gasteiger partial charge in [0.05, 0.1) is 17.3 Å². The predicted octanol–water partition coefficient (Wildman–Crippen LogP) is 2.23. The number of hydrogen-bond donors (Lipinski definition) is 3. The molecule has 1 heterocycles. The molecular formula is C15H14ClN5O2. The van der Waals surface area contributed by atoms with Crippen molar-refractivity contribution in [2.24, 2.45) is 0 Å². The lowest BCUT2D eigenvalue weighted by atomic mass is 9.92. The summed E-state index contributed by atoms with van der Waals surface area (Å²) < 4.78 is 5.70. The molecule has 1 saturated carbocycles. The summed E-state index contributed by atoms with van der Waals surface area (Å²) in [6, 6.07) is 7.10. The molecule has 0 aliphatic heterocycles. The number of aromatic nitrogens is 2. The van der Waals surface area contributed by atoms with Crippen LogP contribution in [0.2, 0.25) is 5.02 Å². The molecule has 0 radical (unpaired) electrons. The van der Waals surface area contributed by atoms with E-state index in [9.17, 15) is 5.11 Å². The van der Waals surface area contributed by atoms with Crippen LogP contribution in [0.5, 0.6) is 5.75 Å². The van der Waals surface area contributed by atoms with Crippen LogP contribution in [0.3, 0.4) is 0 Å². The van der Waals surface area contributed by atoms with Crippen molar-refractivity contribution in [2.45, 2.75) is 25.0 Å². The van der Waals surface area contributed by atoms with E-state index in [1.165, 1.54) is 6.20 Å². The second-order valence-electron chi connectivity index (χ2n) is 5.24. The molecule has 8 heteroatoms. The average molecular weight is 332 g/mol. The lowest BCUT2D eigenvalue weighted by molar-refractivity contribution is -0.0107. The lowest BCUT2D eigenvalue weighted by Crippen LogP contribution is -2.37. The molecule has 7 nitrogen and oxygen atoms in total. The monoisotopic (exact) mass is 331 g/mol. The second-order valence-corrected chi connectivity index (χ2v) is 5.65. The second kappa shape index (κ2) is 6.28. The number of hydrogen-bond acceptors (Lipinski definition) is 7. The molecule has 1 aliphatic rings. The quantitative estimate of drug-likeness (QED) is 0.786. The number of rotatable bonds is 4. The van der Waals surface area contributed by atoms with Gasteiger partial charge in [-0.05, 0) is 18.2 Å². The number of nitriles is 1. The molecular weight excluding hydrogens is 318 g/mol. The Labute approximate surface area is 137 Å². The Hall–Kier alpha value is -2.56. The van der Waals surface area contributed by atoms with Gasteiger partial charge in [0.25, 0.3) is 0 Å². The van der Waals surface area contributed by atoms with Crippen molar-refractivity contribution < 1.29 is 9.84 Å². The van der Waals surface area contributed by atoms with Gasteiger partial charge < -0.3 is 20.9 Å². The Bertz CT molecular complexity index is 771. The van der Waals surface area contributed by atoms with E-state index in [0.29, 0.717) is 29.3 Å². The number of ether oxygens (including phenoxy) is 1. The number of nitrogens with one attached hydrogen (secondary N) is 1. The maximum atomic E-state index is 9.27. The third kappa shape index (κ3) is 3.44. The highest BCUT2D eigenvalue weighted by Crippen LogP contribution is 2.33. The Balaban J connectivity index is 1.70.